The van der Waals surface area contributed by atoms with Crippen molar-refractivity contribution in [2.45, 2.75) is 31.1 Å². The highest BCUT2D eigenvalue weighted by atomic mass is 16.2. The standard InChI is InChI=1S/C13H19NO/c14-10-13(6-2-7-13)12-4-1-3-11(9-12)5-8-15/h1,3-4,9,15H,2,5-8,10,14H2. The second-order valence-corrected chi connectivity index (χ2v) is 4.51. The first-order valence-electron chi connectivity index (χ1n) is 5.71. The highest BCUT2D eigenvalue weighted by molar-refractivity contribution is 5.32. The molecule has 82 valence electrons. The van der Waals surface area contributed by atoms with Gasteiger partial charge in [-0.1, -0.05) is 30.7 Å². The molecule has 0 heterocycles. The predicted octanol–water partition coefficient (Wildman–Crippen LogP) is 1.60. The average molecular weight is 205 g/mol. The van der Waals surface area contributed by atoms with Crippen molar-refractivity contribution in [2.24, 2.45) is 5.73 Å². The molecule has 1 fully saturated rings. The van der Waals surface area contributed by atoms with Gasteiger partial charge in [0.15, 0.2) is 0 Å². The fourth-order valence-corrected chi connectivity index (χ4v) is 2.40. The van der Waals surface area contributed by atoms with Crippen LogP contribution in [0.15, 0.2) is 24.3 Å². The lowest BCUT2D eigenvalue weighted by Crippen LogP contribution is -2.41. The third-order valence-corrected chi connectivity index (χ3v) is 3.64. The lowest BCUT2D eigenvalue weighted by Gasteiger charge is -2.41. The van der Waals surface area contributed by atoms with E-state index >= 15 is 0 Å². The van der Waals surface area contributed by atoms with E-state index < -0.39 is 0 Å². The maximum absolute atomic E-state index is 8.92. The first kappa shape index (κ1) is 10.7. The van der Waals surface area contributed by atoms with E-state index in [0.29, 0.717) is 0 Å². The maximum Gasteiger partial charge on any atom is 0.0471 e. The Morgan fingerprint density at radius 3 is 2.67 bits per heavy atom. The number of hydrogen-bond donors (Lipinski definition) is 2. The van der Waals surface area contributed by atoms with Gasteiger partial charge >= 0.3 is 0 Å². The molecule has 1 saturated carbocycles. The van der Waals surface area contributed by atoms with E-state index in [0.717, 1.165) is 13.0 Å². The molecule has 0 atom stereocenters. The Bertz CT molecular complexity index is 326. The Morgan fingerprint density at radius 2 is 2.13 bits per heavy atom. The Labute approximate surface area is 91.1 Å². The maximum atomic E-state index is 8.92. The highest BCUT2D eigenvalue weighted by Gasteiger charge is 2.37. The molecule has 0 radical (unpaired) electrons. The molecule has 2 heteroatoms. The number of benzene rings is 1. The molecule has 0 spiro atoms. The topological polar surface area (TPSA) is 46.2 Å². The highest BCUT2D eigenvalue weighted by Crippen LogP contribution is 2.42. The van der Waals surface area contributed by atoms with Crippen LogP contribution in [-0.2, 0) is 11.8 Å². The summed E-state index contributed by atoms with van der Waals surface area (Å²) in [6.07, 6.45) is 4.47. The molecule has 3 N–H and O–H groups in total. The van der Waals surface area contributed by atoms with Gasteiger partial charge in [-0.15, -0.1) is 0 Å². The zero-order chi connectivity index (χ0) is 10.7. The Balaban J connectivity index is 2.23. The lowest BCUT2D eigenvalue weighted by molar-refractivity contribution is 0.252. The summed E-state index contributed by atoms with van der Waals surface area (Å²) in [4.78, 5) is 0. The summed E-state index contributed by atoms with van der Waals surface area (Å²) in [5.41, 5.74) is 8.70. The van der Waals surface area contributed by atoms with Gasteiger partial charge in [-0.05, 0) is 30.4 Å². The van der Waals surface area contributed by atoms with Crippen LogP contribution in [0.25, 0.3) is 0 Å². The summed E-state index contributed by atoms with van der Waals surface area (Å²) in [5, 5.41) is 8.92. The number of hydrogen-bond acceptors (Lipinski definition) is 2. The van der Waals surface area contributed by atoms with Crippen molar-refractivity contribution in [1.29, 1.82) is 0 Å². The minimum Gasteiger partial charge on any atom is -0.396 e. The van der Waals surface area contributed by atoms with Crippen molar-refractivity contribution in [3.05, 3.63) is 35.4 Å². The Kier molecular flexibility index (Phi) is 3.08. The molecule has 0 bridgehead atoms. The smallest absolute Gasteiger partial charge is 0.0471 e. The molecular formula is C13H19NO. The van der Waals surface area contributed by atoms with Crippen LogP contribution in [0.1, 0.15) is 30.4 Å². The molecule has 0 saturated heterocycles. The molecule has 1 aliphatic rings. The predicted molar refractivity (Wildman–Crippen MR) is 61.8 cm³/mol. The fraction of sp³-hybridized carbons (Fsp3) is 0.538. The van der Waals surface area contributed by atoms with Gasteiger partial charge in [-0.2, -0.15) is 0 Å². The molecule has 0 aliphatic heterocycles. The second kappa shape index (κ2) is 4.33. The third-order valence-electron chi connectivity index (χ3n) is 3.64. The van der Waals surface area contributed by atoms with Crippen molar-refractivity contribution >= 4 is 0 Å². The zero-order valence-corrected chi connectivity index (χ0v) is 9.08. The molecule has 1 aliphatic carbocycles. The van der Waals surface area contributed by atoms with Gasteiger partial charge in [0.05, 0.1) is 0 Å². The number of aliphatic hydroxyl groups is 1. The number of rotatable bonds is 4. The van der Waals surface area contributed by atoms with Gasteiger partial charge in [-0.25, -0.2) is 0 Å². The normalized spacial score (nSPS) is 18.5. The minimum atomic E-state index is 0.221. The summed E-state index contributed by atoms with van der Waals surface area (Å²) >= 11 is 0. The molecule has 1 aromatic rings. The molecule has 0 amide bonds. The third kappa shape index (κ3) is 1.92. The molecule has 2 nitrogen and oxygen atoms in total. The summed E-state index contributed by atoms with van der Waals surface area (Å²) in [7, 11) is 0. The molecule has 0 unspecified atom stereocenters. The van der Waals surface area contributed by atoms with Crippen molar-refractivity contribution < 1.29 is 5.11 Å². The lowest BCUT2D eigenvalue weighted by atomic mass is 9.64. The first-order chi connectivity index (χ1) is 7.30. The van der Waals surface area contributed by atoms with Crippen molar-refractivity contribution in [3.63, 3.8) is 0 Å². The second-order valence-electron chi connectivity index (χ2n) is 4.51. The van der Waals surface area contributed by atoms with E-state index in [4.69, 9.17) is 10.8 Å². The molecule has 2 rings (SSSR count). The van der Waals surface area contributed by atoms with Gasteiger partial charge in [0.25, 0.3) is 0 Å². The molecule has 1 aromatic carbocycles. The summed E-state index contributed by atoms with van der Waals surface area (Å²) in [6, 6.07) is 8.54. The SMILES string of the molecule is NCC1(c2cccc(CCO)c2)CCC1. The Hall–Kier alpha value is -0.860. The van der Waals surface area contributed by atoms with E-state index in [1.165, 1.54) is 30.4 Å². The van der Waals surface area contributed by atoms with Crippen LogP contribution in [0.2, 0.25) is 0 Å². The molecule has 15 heavy (non-hydrogen) atoms. The molecule has 0 aromatic heterocycles. The van der Waals surface area contributed by atoms with Crippen LogP contribution in [-0.4, -0.2) is 18.3 Å². The molecular weight excluding hydrogens is 186 g/mol. The van der Waals surface area contributed by atoms with Gasteiger partial charge < -0.3 is 10.8 Å². The first-order valence-corrected chi connectivity index (χ1v) is 5.71. The number of aliphatic hydroxyl groups excluding tert-OH is 1. The summed E-state index contributed by atoms with van der Waals surface area (Å²) in [5.74, 6) is 0. The number of nitrogens with two attached hydrogens (primary N) is 1. The summed E-state index contributed by atoms with van der Waals surface area (Å²) < 4.78 is 0. The van der Waals surface area contributed by atoms with Crippen LogP contribution < -0.4 is 5.73 Å². The quantitative estimate of drug-likeness (QED) is 0.784. The average Bonchev–Trinajstić information content (AvgIpc) is 2.18. The van der Waals surface area contributed by atoms with E-state index in [1.807, 2.05) is 0 Å². The Morgan fingerprint density at radius 1 is 1.33 bits per heavy atom. The van der Waals surface area contributed by atoms with Gasteiger partial charge in [0, 0.05) is 18.6 Å². The largest absolute Gasteiger partial charge is 0.396 e. The van der Waals surface area contributed by atoms with Crippen LogP contribution in [0.5, 0.6) is 0 Å². The van der Waals surface area contributed by atoms with E-state index in [2.05, 4.69) is 24.3 Å². The summed E-state index contributed by atoms with van der Waals surface area (Å²) in [6.45, 7) is 0.967. The van der Waals surface area contributed by atoms with Crippen molar-refractivity contribution in [2.75, 3.05) is 13.2 Å². The van der Waals surface area contributed by atoms with Crippen molar-refractivity contribution in [1.82, 2.24) is 0 Å². The van der Waals surface area contributed by atoms with E-state index in [-0.39, 0.29) is 12.0 Å². The van der Waals surface area contributed by atoms with Crippen molar-refractivity contribution in [3.8, 4) is 0 Å². The van der Waals surface area contributed by atoms with Crippen LogP contribution in [0.4, 0.5) is 0 Å². The van der Waals surface area contributed by atoms with Crippen LogP contribution in [0, 0.1) is 0 Å². The van der Waals surface area contributed by atoms with Gasteiger partial charge in [-0.3, -0.25) is 0 Å². The van der Waals surface area contributed by atoms with E-state index in [9.17, 15) is 0 Å². The van der Waals surface area contributed by atoms with Crippen LogP contribution >= 0.6 is 0 Å². The van der Waals surface area contributed by atoms with Gasteiger partial charge in [0.1, 0.15) is 0 Å². The zero-order valence-electron chi connectivity index (χ0n) is 9.08. The minimum absolute atomic E-state index is 0.221. The fourth-order valence-electron chi connectivity index (χ4n) is 2.40. The monoisotopic (exact) mass is 205 g/mol. The van der Waals surface area contributed by atoms with Gasteiger partial charge in [0.2, 0.25) is 0 Å². The van der Waals surface area contributed by atoms with Crippen LogP contribution in [0.3, 0.4) is 0 Å². The van der Waals surface area contributed by atoms with E-state index in [1.54, 1.807) is 0 Å².